The zero-order valence-corrected chi connectivity index (χ0v) is 14.2. The third-order valence-electron chi connectivity index (χ3n) is 3.30. The lowest BCUT2D eigenvalue weighted by atomic mass is 10.2. The van der Waals surface area contributed by atoms with E-state index in [1.807, 2.05) is 0 Å². The zero-order valence-electron chi connectivity index (χ0n) is 14.2. The minimum atomic E-state index is -4.77. The molecule has 0 aromatic heterocycles. The molecule has 0 unspecified atom stereocenters. The molecule has 1 amide bonds. The van der Waals surface area contributed by atoms with Gasteiger partial charge in [0, 0.05) is 5.56 Å². The highest BCUT2D eigenvalue weighted by Crippen LogP contribution is 2.22. The minimum absolute atomic E-state index is 0.149. The van der Waals surface area contributed by atoms with Crippen LogP contribution in [0.1, 0.15) is 15.9 Å². The topological polar surface area (TPSA) is 73.9 Å². The second-order valence-corrected chi connectivity index (χ2v) is 5.26. The first-order valence-corrected chi connectivity index (χ1v) is 7.69. The molecular weight excluding hydrogens is 367 g/mol. The number of carbonyl (C=O) groups is 2. The molecule has 2 aromatic rings. The highest BCUT2D eigenvalue weighted by Gasteiger charge is 2.30. The summed E-state index contributed by atoms with van der Waals surface area (Å²) in [5.74, 6) is -0.919. The summed E-state index contributed by atoms with van der Waals surface area (Å²) in [6, 6.07) is 11.2. The van der Waals surface area contributed by atoms with Crippen LogP contribution in [0.25, 0.3) is 0 Å². The number of amides is 1. The van der Waals surface area contributed by atoms with E-state index in [0.29, 0.717) is 16.9 Å². The standard InChI is InChI=1S/C18H16F3NO5/c1-25-14-8-4-13(5-9-14)17(24)22-10-16(23)26-11-12-2-6-15(7-3-12)27-18(19,20)21/h2-9H,10-11H2,1H3,(H,22,24). The van der Waals surface area contributed by atoms with Crippen LogP contribution in [0.4, 0.5) is 13.2 Å². The quantitative estimate of drug-likeness (QED) is 0.744. The number of carbonyl (C=O) groups excluding carboxylic acids is 2. The van der Waals surface area contributed by atoms with Gasteiger partial charge in [-0.3, -0.25) is 9.59 Å². The Morgan fingerprint density at radius 3 is 2.11 bits per heavy atom. The van der Waals surface area contributed by atoms with Crippen molar-refractivity contribution in [3.63, 3.8) is 0 Å². The highest BCUT2D eigenvalue weighted by molar-refractivity contribution is 5.96. The number of ether oxygens (including phenoxy) is 3. The van der Waals surface area contributed by atoms with Crippen molar-refractivity contribution in [2.45, 2.75) is 13.0 Å². The Morgan fingerprint density at radius 2 is 1.56 bits per heavy atom. The lowest BCUT2D eigenvalue weighted by Crippen LogP contribution is -2.30. The van der Waals surface area contributed by atoms with Crippen molar-refractivity contribution in [3.05, 3.63) is 59.7 Å². The molecule has 9 heteroatoms. The van der Waals surface area contributed by atoms with E-state index in [-0.39, 0.29) is 18.9 Å². The third-order valence-corrected chi connectivity index (χ3v) is 3.30. The van der Waals surface area contributed by atoms with Gasteiger partial charge in [-0.15, -0.1) is 13.2 Å². The van der Waals surface area contributed by atoms with Gasteiger partial charge in [0.2, 0.25) is 0 Å². The van der Waals surface area contributed by atoms with Crippen molar-refractivity contribution < 1.29 is 37.0 Å². The summed E-state index contributed by atoms with van der Waals surface area (Å²) in [4.78, 5) is 23.6. The summed E-state index contributed by atoms with van der Waals surface area (Å²) < 4.78 is 49.9. The molecule has 1 N–H and O–H groups in total. The lowest BCUT2D eigenvalue weighted by Gasteiger charge is -2.10. The maximum Gasteiger partial charge on any atom is 0.573 e. The van der Waals surface area contributed by atoms with Gasteiger partial charge >= 0.3 is 12.3 Å². The van der Waals surface area contributed by atoms with E-state index in [2.05, 4.69) is 10.1 Å². The smallest absolute Gasteiger partial charge is 0.497 e. The molecule has 27 heavy (non-hydrogen) atoms. The number of hydrogen-bond donors (Lipinski definition) is 1. The van der Waals surface area contributed by atoms with E-state index in [1.165, 1.54) is 19.2 Å². The Bertz CT molecular complexity index is 773. The van der Waals surface area contributed by atoms with E-state index >= 15 is 0 Å². The number of alkyl halides is 3. The molecule has 0 aliphatic heterocycles. The largest absolute Gasteiger partial charge is 0.573 e. The van der Waals surface area contributed by atoms with E-state index in [1.54, 1.807) is 24.3 Å². The summed E-state index contributed by atoms with van der Waals surface area (Å²) >= 11 is 0. The first-order valence-electron chi connectivity index (χ1n) is 7.69. The number of esters is 1. The van der Waals surface area contributed by atoms with Gasteiger partial charge in [0.15, 0.2) is 0 Å². The molecule has 0 fully saturated rings. The predicted molar refractivity (Wildman–Crippen MR) is 88.2 cm³/mol. The second kappa shape index (κ2) is 8.93. The molecule has 2 aromatic carbocycles. The molecule has 0 spiro atoms. The Kier molecular flexibility index (Phi) is 6.64. The van der Waals surface area contributed by atoms with Crippen LogP contribution in [0.5, 0.6) is 11.5 Å². The Balaban J connectivity index is 1.76. The van der Waals surface area contributed by atoms with Crippen LogP contribution >= 0.6 is 0 Å². The minimum Gasteiger partial charge on any atom is -0.497 e. The Labute approximate surface area is 152 Å². The normalized spacial score (nSPS) is 10.8. The van der Waals surface area contributed by atoms with E-state index in [4.69, 9.17) is 9.47 Å². The number of rotatable bonds is 7. The lowest BCUT2D eigenvalue weighted by molar-refractivity contribution is -0.274. The first-order chi connectivity index (χ1) is 12.8. The second-order valence-electron chi connectivity index (χ2n) is 5.26. The van der Waals surface area contributed by atoms with Gasteiger partial charge in [-0.25, -0.2) is 0 Å². The van der Waals surface area contributed by atoms with Crippen molar-refractivity contribution in [2.24, 2.45) is 0 Å². The molecule has 0 aliphatic carbocycles. The monoisotopic (exact) mass is 383 g/mol. The molecule has 0 aliphatic rings. The Morgan fingerprint density at radius 1 is 0.963 bits per heavy atom. The average Bonchev–Trinajstić information content (AvgIpc) is 2.64. The molecule has 0 saturated carbocycles. The van der Waals surface area contributed by atoms with Gasteiger partial charge in [-0.05, 0) is 42.0 Å². The van der Waals surface area contributed by atoms with E-state index < -0.39 is 18.2 Å². The fourth-order valence-corrected chi connectivity index (χ4v) is 2.00. The molecule has 144 valence electrons. The maximum absolute atomic E-state index is 12.1. The van der Waals surface area contributed by atoms with Crippen LogP contribution in [0.2, 0.25) is 0 Å². The summed E-state index contributed by atoms with van der Waals surface area (Å²) in [5.41, 5.74) is 0.822. The molecule has 0 atom stereocenters. The van der Waals surface area contributed by atoms with Crippen molar-refractivity contribution in [1.29, 1.82) is 0 Å². The fraction of sp³-hybridized carbons (Fsp3) is 0.222. The van der Waals surface area contributed by atoms with Crippen molar-refractivity contribution in [2.75, 3.05) is 13.7 Å². The van der Waals surface area contributed by atoms with Gasteiger partial charge in [0.1, 0.15) is 24.7 Å². The first kappa shape index (κ1) is 20.1. The molecule has 0 saturated heterocycles. The van der Waals surface area contributed by atoms with Crippen molar-refractivity contribution in [3.8, 4) is 11.5 Å². The zero-order chi connectivity index (χ0) is 19.9. The van der Waals surface area contributed by atoms with Crippen molar-refractivity contribution in [1.82, 2.24) is 5.32 Å². The SMILES string of the molecule is COc1ccc(C(=O)NCC(=O)OCc2ccc(OC(F)(F)F)cc2)cc1. The van der Waals surface area contributed by atoms with Gasteiger partial charge in [-0.1, -0.05) is 12.1 Å². The molecule has 6 nitrogen and oxygen atoms in total. The van der Waals surface area contributed by atoms with Crippen molar-refractivity contribution >= 4 is 11.9 Å². The molecule has 0 radical (unpaired) electrons. The van der Waals surface area contributed by atoms with Gasteiger partial charge in [0.25, 0.3) is 5.91 Å². The summed E-state index contributed by atoms with van der Waals surface area (Å²) in [6.07, 6.45) is -4.77. The van der Waals surface area contributed by atoms with Gasteiger partial charge in [-0.2, -0.15) is 0 Å². The van der Waals surface area contributed by atoms with Crippen LogP contribution in [-0.4, -0.2) is 31.9 Å². The molecule has 0 bridgehead atoms. The number of benzene rings is 2. The third kappa shape index (κ3) is 6.89. The van der Waals surface area contributed by atoms with Crippen LogP contribution in [0.3, 0.4) is 0 Å². The van der Waals surface area contributed by atoms with E-state index in [0.717, 1.165) is 12.1 Å². The molecule has 2 rings (SSSR count). The number of halogens is 3. The van der Waals surface area contributed by atoms with E-state index in [9.17, 15) is 22.8 Å². The summed E-state index contributed by atoms with van der Waals surface area (Å²) in [7, 11) is 1.50. The fourth-order valence-electron chi connectivity index (χ4n) is 2.00. The van der Waals surface area contributed by atoms with Crippen LogP contribution in [0.15, 0.2) is 48.5 Å². The maximum atomic E-state index is 12.1. The van der Waals surface area contributed by atoms with Crippen LogP contribution in [0, 0.1) is 0 Å². The van der Waals surface area contributed by atoms with Crippen LogP contribution in [-0.2, 0) is 16.1 Å². The van der Waals surface area contributed by atoms with Gasteiger partial charge < -0.3 is 19.5 Å². The number of methoxy groups -OCH3 is 1. The number of hydrogen-bond acceptors (Lipinski definition) is 5. The van der Waals surface area contributed by atoms with Gasteiger partial charge in [0.05, 0.1) is 7.11 Å². The Hall–Kier alpha value is -3.23. The number of nitrogens with one attached hydrogen (secondary N) is 1. The van der Waals surface area contributed by atoms with Crippen LogP contribution < -0.4 is 14.8 Å². The summed E-state index contributed by atoms with van der Waals surface area (Å²) in [6.45, 7) is -0.496. The average molecular weight is 383 g/mol. The molecule has 0 heterocycles. The summed E-state index contributed by atoms with van der Waals surface area (Å²) in [5, 5.41) is 2.41. The molecular formula is C18H16F3NO5. The predicted octanol–water partition coefficient (Wildman–Crippen LogP) is 3.07. The highest BCUT2D eigenvalue weighted by atomic mass is 19.4.